The second-order valence-corrected chi connectivity index (χ2v) is 5.97. The van der Waals surface area contributed by atoms with Crippen molar-refractivity contribution in [1.82, 2.24) is 0 Å². The van der Waals surface area contributed by atoms with Crippen LogP contribution in [0.2, 0.25) is 0 Å². The van der Waals surface area contributed by atoms with Gasteiger partial charge in [0, 0.05) is 11.3 Å². The smallest absolute Gasteiger partial charge is 0.339 e. The highest BCUT2D eigenvalue weighted by molar-refractivity contribution is 5.99. The van der Waals surface area contributed by atoms with Crippen molar-refractivity contribution >= 4 is 23.3 Å². The Labute approximate surface area is 163 Å². The molecule has 0 bridgehead atoms. The van der Waals surface area contributed by atoms with Gasteiger partial charge in [0.1, 0.15) is 0 Å². The highest BCUT2D eigenvalue weighted by Crippen LogP contribution is 2.28. The lowest BCUT2D eigenvalue weighted by Gasteiger charge is -2.15. The highest BCUT2D eigenvalue weighted by atomic mass is 16.5. The van der Waals surface area contributed by atoms with E-state index in [2.05, 4.69) is 5.32 Å². The van der Waals surface area contributed by atoms with E-state index in [1.54, 1.807) is 30.3 Å². The number of nitrogens with one attached hydrogen (secondary N) is 1. The van der Waals surface area contributed by atoms with Crippen molar-refractivity contribution in [2.75, 3.05) is 19.0 Å². The van der Waals surface area contributed by atoms with E-state index in [1.807, 2.05) is 6.92 Å². The molecule has 0 radical (unpaired) electrons. The Morgan fingerprint density at radius 3 is 2.43 bits per heavy atom. The number of anilines is 1. The number of esters is 1. The van der Waals surface area contributed by atoms with Gasteiger partial charge in [-0.2, -0.15) is 0 Å². The summed E-state index contributed by atoms with van der Waals surface area (Å²) in [5.74, 6) is -0.372. The topological polar surface area (TPSA) is 90.9 Å². The Balaban J connectivity index is 2.05. The molecule has 0 aromatic heterocycles. The van der Waals surface area contributed by atoms with Crippen LogP contribution in [0.5, 0.6) is 11.5 Å². The predicted molar refractivity (Wildman–Crippen MR) is 104 cm³/mol. The molecule has 0 saturated carbocycles. The van der Waals surface area contributed by atoms with Crippen molar-refractivity contribution in [2.24, 2.45) is 0 Å². The zero-order chi connectivity index (χ0) is 20.7. The highest BCUT2D eigenvalue weighted by Gasteiger charge is 2.20. The van der Waals surface area contributed by atoms with E-state index in [4.69, 9.17) is 14.2 Å². The Bertz CT molecular complexity index is 877. The summed E-state index contributed by atoms with van der Waals surface area (Å²) in [6.45, 7) is 5.14. The fourth-order valence-corrected chi connectivity index (χ4v) is 2.41. The number of carbonyl (C=O) groups is 3. The van der Waals surface area contributed by atoms with Crippen LogP contribution in [-0.2, 0) is 9.53 Å². The van der Waals surface area contributed by atoms with Gasteiger partial charge in [0.2, 0.25) is 0 Å². The third-order valence-corrected chi connectivity index (χ3v) is 3.89. The monoisotopic (exact) mass is 385 g/mol. The van der Waals surface area contributed by atoms with E-state index in [0.717, 1.165) is 0 Å². The third kappa shape index (κ3) is 5.33. The molecule has 1 atom stereocenters. The first-order chi connectivity index (χ1) is 13.3. The average Bonchev–Trinajstić information content (AvgIpc) is 2.68. The molecule has 0 heterocycles. The summed E-state index contributed by atoms with van der Waals surface area (Å²) in [6, 6.07) is 11.2. The molecule has 0 aliphatic carbocycles. The average molecular weight is 385 g/mol. The minimum absolute atomic E-state index is 0.111. The number of amides is 1. The van der Waals surface area contributed by atoms with Crippen LogP contribution < -0.4 is 14.8 Å². The first kappa shape index (κ1) is 21.0. The van der Waals surface area contributed by atoms with E-state index < -0.39 is 18.0 Å². The van der Waals surface area contributed by atoms with Gasteiger partial charge in [0.25, 0.3) is 5.91 Å². The van der Waals surface area contributed by atoms with Gasteiger partial charge in [-0.3, -0.25) is 9.59 Å². The molecule has 148 valence electrons. The largest absolute Gasteiger partial charge is 0.493 e. The molecular formula is C21H23NO6. The number of hydrogen-bond acceptors (Lipinski definition) is 6. The van der Waals surface area contributed by atoms with Crippen LogP contribution in [-0.4, -0.2) is 37.5 Å². The van der Waals surface area contributed by atoms with Crippen LogP contribution in [0.4, 0.5) is 5.69 Å². The van der Waals surface area contributed by atoms with E-state index in [-0.39, 0.29) is 11.3 Å². The zero-order valence-corrected chi connectivity index (χ0v) is 16.3. The fraction of sp³-hybridized carbons (Fsp3) is 0.286. The van der Waals surface area contributed by atoms with E-state index in [1.165, 1.54) is 33.1 Å². The number of carbonyl (C=O) groups excluding carboxylic acids is 3. The summed E-state index contributed by atoms with van der Waals surface area (Å²) in [5.41, 5.74) is 1.16. The van der Waals surface area contributed by atoms with Gasteiger partial charge in [0.15, 0.2) is 23.4 Å². The third-order valence-electron chi connectivity index (χ3n) is 3.89. The van der Waals surface area contributed by atoms with Gasteiger partial charge in [-0.05, 0) is 51.1 Å². The molecule has 0 spiro atoms. The van der Waals surface area contributed by atoms with Crippen LogP contribution in [0, 0.1) is 0 Å². The molecule has 0 saturated heterocycles. The van der Waals surface area contributed by atoms with Crippen LogP contribution in [0.15, 0.2) is 42.5 Å². The maximum Gasteiger partial charge on any atom is 0.339 e. The number of ketones is 1. The first-order valence-corrected chi connectivity index (χ1v) is 8.79. The second kappa shape index (κ2) is 9.55. The number of methoxy groups -OCH3 is 1. The Hall–Kier alpha value is -3.35. The zero-order valence-electron chi connectivity index (χ0n) is 16.3. The summed E-state index contributed by atoms with van der Waals surface area (Å²) in [6.07, 6.45) is -1.04. The van der Waals surface area contributed by atoms with E-state index >= 15 is 0 Å². The Morgan fingerprint density at radius 2 is 1.79 bits per heavy atom. The summed E-state index contributed by atoms with van der Waals surface area (Å²) >= 11 is 0. The van der Waals surface area contributed by atoms with Crippen LogP contribution in [0.1, 0.15) is 41.5 Å². The molecule has 2 rings (SSSR count). The number of Topliss-reactive ketones (excluding diaryl/α,β-unsaturated/α-hetero) is 1. The molecule has 1 N–H and O–H groups in total. The van der Waals surface area contributed by atoms with Gasteiger partial charge >= 0.3 is 5.97 Å². The maximum atomic E-state index is 12.4. The van der Waals surface area contributed by atoms with Gasteiger partial charge in [-0.15, -0.1) is 0 Å². The molecule has 0 fully saturated rings. The Kier molecular flexibility index (Phi) is 7.14. The van der Waals surface area contributed by atoms with Crippen molar-refractivity contribution in [2.45, 2.75) is 26.9 Å². The quantitative estimate of drug-likeness (QED) is 0.553. The van der Waals surface area contributed by atoms with Crippen LogP contribution >= 0.6 is 0 Å². The summed E-state index contributed by atoms with van der Waals surface area (Å²) in [4.78, 5) is 36.1. The van der Waals surface area contributed by atoms with Crippen LogP contribution in [0.25, 0.3) is 0 Å². The lowest BCUT2D eigenvalue weighted by Crippen LogP contribution is -2.30. The Morgan fingerprint density at radius 1 is 1.04 bits per heavy atom. The first-order valence-electron chi connectivity index (χ1n) is 8.79. The van der Waals surface area contributed by atoms with E-state index in [0.29, 0.717) is 29.4 Å². The second-order valence-electron chi connectivity index (χ2n) is 5.97. The molecule has 0 unspecified atom stereocenters. The lowest BCUT2D eigenvalue weighted by atomic mass is 10.1. The standard InChI is InChI=1S/C21H23NO6/c1-5-27-19-12-16(9-10-18(19)26-4)21(25)28-14(3)20(24)22-17-8-6-7-15(11-17)13(2)23/h6-12,14H,5H2,1-4H3,(H,22,24)/t14-/m1/s1. The molecular weight excluding hydrogens is 362 g/mol. The molecule has 0 aliphatic heterocycles. The SMILES string of the molecule is CCOc1cc(C(=O)O[C@H](C)C(=O)Nc2cccc(C(C)=O)c2)ccc1OC. The van der Waals surface area contributed by atoms with Crippen molar-refractivity contribution in [3.05, 3.63) is 53.6 Å². The fourth-order valence-electron chi connectivity index (χ4n) is 2.41. The summed E-state index contributed by atoms with van der Waals surface area (Å²) < 4.78 is 15.9. The summed E-state index contributed by atoms with van der Waals surface area (Å²) in [7, 11) is 1.50. The number of benzene rings is 2. The normalized spacial score (nSPS) is 11.3. The minimum atomic E-state index is -1.04. The molecule has 28 heavy (non-hydrogen) atoms. The van der Waals surface area contributed by atoms with Crippen molar-refractivity contribution in [3.63, 3.8) is 0 Å². The number of hydrogen-bond donors (Lipinski definition) is 1. The predicted octanol–water partition coefficient (Wildman–Crippen LogP) is 3.48. The van der Waals surface area contributed by atoms with Crippen molar-refractivity contribution in [3.8, 4) is 11.5 Å². The number of rotatable bonds is 8. The number of ether oxygens (including phenoxy) is 3. The van der Waals surface area contributed by atoms with Gasteiger partial charge in [0.05, 0.1) is 19.3 Å². The summed E-state index contributed by atoms with van der Waals surface area (Å²) in [5, 5.41) is 2.63. The van der Waals surface area contributed by atoms with Crippen LogP contribution in [0.3, 0.4) is 0 Å². The molecule has 2 aromatic rings. The van der Waals surface area contributed by atoms with Gasteiger partial charge in [-0.1, -0.05) is 12.1 Å². The molecule has 0 aliphatic rings. The molecule has 7 nitrogen and oxygen atoms in total. The molecule has 1 amide bonds. The minimum Gasteiger partial charge on any atom is -0.493 e. The maximum absolute atomic E-state index is 12.4. The molecule has 7 heteroatoms. The van der Waals surface area contributed by atoms with Gasteiger partial charge in [-0.25, -0.2) is 4.79 Å². The van der Waals surface area contributed by atoms with Gasteiger partial charge < -0.3 is 19.5 Å². The molecule has 2 aromatic carbocycles. The van der Waals surface area contributed by atoms with Crippen molar-refractivity contribution in [1.29, 1.82) is 0 Å². The van der Waals surface area contributed by atoms with Crippen molar-refractivity contribution < 1.29 is 28.6 Å². The lowest BCUT2D eigenvalue weighted by molar-refractivity contribution is -0.123. The van der Waals surface area contributed by atoms with E-state index in [9.17, 15) is 14.4 Å².